The van der Waals surface area contributed by atoms with Gasteiger partial charge in [0.15, 0.2) is 0 Å². The van der Waals surface area contributed by atoms with Gasteiger partial charge in [0.25, 0.3) is 0 Å². The van der Waals surface area contributed by atoms with Crippen molar-refractivity contribution >= 4 is 16.7 Å². The predicted octanol–water partition coefficient (Wildman–Crippen LogP) is 4.82. The lowest BCUT2D eigenvalue weighted by Crippen LogP contribution is -2.28. The summed E-state index contributed by atoms with van der Waals surface area (Å²) in [5.41, 5.74) is 6.06. The molecule has 0 saturated carbocycles. The SMILES string of the molecule is Cc1c(F)ccc2[nH]c(-c3ccc4c(c3)CCN4CCCC3CCNCC3)nc12. The van der Waals surface area contributed by atoms with Gasteiger partial charge in [-0.15, -0.1) is 0 Å². The minimum absolute atomic E-state index is 0.204. The molecule has 1 aromatic heterocycles. The number of aromatic nitrogens is 2. The molecule has 0 spiro atoms. The Bertz CT molecular complexity index is 1020. The Morgan fingerprint density at radius 2 is 2.03 bits per heavy atom. The third kappa shape index (κ3) is 3.64. The molecule has 29 heavy (non-hydrogen) atoms. The summed E-state index contributed by atoms with van der Waals surface area (Å²) in [5, 5.41) is 3.46. The van der Waals surface area contributed by atoms with Crippen LogP contribution in [-0.2, 0) is 6.42 Å². The summed E-state index contributed by atoms with van der Waals surface area (Å²) in [4.78, 5) is 10.6. The molecule has 152 valence electrons. The molecule has 5 rings (SSSR count). The van der Waals surface area contributed by atoms with Gasteiger partial charge in [0.05, 0.1) is 11.0 Å². The van der Waals surface area contributed by atoms with E-state index in [0.29, 0.717) is 5.56 Å². The number of aryl methyl sites for hydroxylation is 1. The van der Waals surface area contributed by atoms with Crippen LogP contribution in [0.3, 0.4) is 0 Å². The number of fused-ring (bicyclic) bond motifs is 2. The molecule has 0 radical (unpaired) electrons. The summed E-state index contributed by atoms with van der Waals surface area (Å²) in [6.45, 7) is 6.42. The lowest BCUT2D eigenvalue weighted by molar-refractivity contribution is 0.348. The first-order chi connectivity index (χ1) is 14.2. The number of anilines is 1. The maximum Gasteiger partial charge on any atom is 0.138 e. The third-order valence-corrected chi connectivity index (χ3v) is 6.69. The first kappa shape index (κ1) is 18.6. The van der Waals surface area contributed by atoms with Crippen molar-refractivity contribution < 1.29 is 4.39 Å². The van der Waals surface area contributed by atoms with Gasteiger partial charge in [0.1, 0.15) is 11.6 Å². The highest BCUT2D eigenvalue weighted by Crippen LogP contribution is 2.33. The van der Waals surface area contributed by atoms with Gasteiger partial charge < -0.3 is 15.2 Å². The first-order valence-electron chi connectivity index (χ1n) is 10.9. The van der Waals surface area contributed by atoms with E-state index in [1.807, 2.05) is 0 Å². The highest BCUT2D eigenvalue weighted by atomic mass is 19.1. The van der Waals surface area contributed by atoms with Gasteiger partial charge >= 0.3 is 0 Å². The summed E-state index contributed by atoms with van der Waals surface area (Å²) in [6.07, 6.45) is 6.38. The Hall–Kier alpha value is -2.40. The quantitative estimate of drug-likeness (QED) is 0.654. The molecule has 2 N–H and O–H groups in total. The van der Waals surface area contributed by atoms with E-state index in [2.05, 4.69) is 38.4 Å². The van der Waals surface area contributed by atoms with Crippen LogP contribution >= 0.6 is 0 Å². The van der Waals surface area contributed by atoms with Crippen molar-refractivity contribution in [2.75, 3.05) is 31.1 Å². The average Bonchev–Trinajstić information content (AvgIpc) is 3.36. The van der Waals surface area contributed by atoms with Crippen LogP contribution < -0.4 is 10.2 Å². The van der Waals surface area contributed by atoms with E-state index < -0.39 is 0 Å². The normalized spacial score (nSPS) is 17.2. The Labute approximate surface area is 171 Å². The number of nitrogens with zero attached hydrogens (tertiary/aromatic N) is 2. The predicted molar refractivity (Wildman–Crippen MR) is 117 cm³/mol. The fraction of sp³-hybridized carbons (Fsp3) is 0.458. The van der Waals surface area contributed by atoms with Crippen LogP contribution in [-0.4, -0.2) is 36.1 Å². The number of aromatic amines is 1. The molecule has 2 aliphatic rings. The van der Waals surface area contributed by atoms with E-state index in [1.165, 1.54) is 56.1 Å². The van der Waals surface area contributed by atoms with E-state index in [9.17, 15) is 4.39 Å². The molecular formula is C24H29FN4. The lowest BCUT2D eigenvalue weighted by Gasteiger charge is -2.24. The Balaban J connectivity index is 1.30. The van der Waals surface area contributed by atoms with Gasteiger partial charge in [-0.05, 0) is 93.9 Å². The molecule has 0 amide bonds. The maximum absolute atomic E-state index is 13.8. The van der Waals surface area contributed by atoms with Gasteiger partial charge in [-0.3, -0.25) is 0 Å². The van der Waals surface area contributed by atoms with Crippen molar-refractivity contribution in [3.63, 3.8) is 0 Å². The summed E-state index contributed by atoms with van der Waals surface area (Å²) in [5.74, 6) is 1.52. The Morgan fingerprint density at radius 1 is 1.17 bits per heavy atom. The smallest absolute Gasteiger partial charge is 0.138 e. The van der Waals surface area contributed by atoms with Crippen molar-refractivity contribution in [3.05, 3.63) is 47.3 Å². The van der Waals surface area contributed by atoms with E-state index >= 15 is 0 Å². The summed E-state index contributed by atoms with van der Waals surface area (Å²) in [6, 6.07) is 9.91. The molecule has 0 unspecified atom stereocenters. The molecule has 0 bridgehead atoms. The number of halogens is 1. The van der Waals surface area contributed by atoms with E-state index in [-0.39, 0.29) is 5.82 Å². The first-order valence-corrected chi connectivity index (χ1v) is 10.9. The third-order valence-electron chi connectivity index (χ3n) is 6.69. The molecule has 3 aromatic rings. The van der Waals surface area contributed by atoms with Crippen LogP contribution in [0.2, 0.25) is 0 Å². The van der Waals surface area contributed by atoms with Crippen LogP contribution in [0.1, 0.15) is 36.8 Å². The zero-order valence-electron chi connectivity index (χ0n) is 17.1. The maximum atomic E-state index is 13.8. The number of H-pyrrole nitrogens is 1. The van der Waals surface area contributed by atoms with Gasteiger partial charge in [0, 0.05) is 29.9 Å². The highest BCUT2D eigenvalue weighted by Gasteiger charge is 2.21. The number of rotatable bonds is 5. The monoisotopic (exact) mass is 392 g/mol. The van der Waals surface area contributed by atoms with Crippen molar-refractivity contribution in [2.24, 2.45) is 5.92 Å². The van der Waals surface area contributed by atoms with Crippen LogP contribution in [0.15, 0.2) is 30.3 Å². The lowest BCUT2D eigenvalue weighted by atomic mass is 9.93. The molecular weight excluding hydrogens is 363 g/mol. The van der Waals surface area contributed by atoms with Gasteiger partial charge in [-0.1, -0.05) is 0 Å². The standard InChI is InChI=1S/C24H29FN4/c1-16-20(25)5-6-21-23(16)28-24(27-21)19-4-7-22-18(15-19)10-14-29(22)13-2-3-17-8-11-26-12-9-17/h4-7,15,17,26H,2-3,8-14H2,1H3,(H,27,28). The molecule has 0 aliphatic carbocycles. The largest absolute Gasteiger partial charge is 0.371 e. The van der Waals surface area contributed by atoms with Crippen molar-refractivity contribution in [1.82, 2.24) is 15.3 Å². The number of hydrogen-bond acceptors (Lipinski definition) is 3. The average molecular weight is 393 g/mol. The summed E-state index contributed by atoms with van der Waals surface area (Å²) in [7, 11) is 0. The number of hydrogen-bond donors (Lipinski definition) is 2. The minimum Gasteiger partial charge on any atom is -0.371 e. The molecule has 0 atom stereocenters. The van der Waals surface area contributed by atoms with E-state index in [0.717, 1.165) is 47.8 Å². The molecule has 1 saturated heterocycles. The van der Waals surface area contributed by atoms with Gasteiger partial charge in [-0.2, -0.15) is 0 Å². The van der Waals surface area contributed by atoms with Gasteiger partial charge in [-0.25, -0.2) is 9.37 Å². The molecule has 3 heterocycles. The van der Waals surface area contributed by atoms with Crippen molar-refractivity contribution in [1.29, 1.82) is 0 Å². The zero-order valence-corrected chi connectivity index (χ0v) is 17.1. The van der Waals surface area contributed by atoms with Crippen LogP contribution in [0.4, 0.5) is 10.1 Å². The van der Waals surface area contributed by atoms with Crippen LogP contribution in [0, 0.1) is 18.7 Å². The number of imidazole rings is 1. The van der Waals surface area contributed by atoms with Gasteiger partial charge in [0.2, 0.25) is 0 Å². The van der Waals surface area contributed by atoms with E-state index in [1.54, 1.807) is 13.0 Å². The number of benzene rings is 2. The summed E-state index contributed by atoms with van der Waals surface area (Å²) < 4.78 is 13.8. The zero-order chi connectivity index (χ0) is 19.8. The second kappa shape index (κ2) is 7.79. The fourth-order valence-corrected chi connectivity index (χ4v) is 4.92. The van der Waals surface area contributed by atoms with Crippen LogP contribution in [0.25, 0.3) is 22.4 Å². The molecule has 2 aliphatic heterocycles. The number of piperidine rings is 1. The molecule has 2 aromatic carbocycles. The van der Waals surface area contributed by atoms with E-state index in [4.69, 9.17) is 0 Å². The van der Waals surface area contributed by atoms with Crippen molar-refractivity contribution in [2.45, 2.75) is 39.0 Å². The molecule has 5 heteroatoms. The fourth-order valence-electron chi connectivity index (χ4n) is 4.92. The molecule has 4 nitrogen and oxygen atoms in total. The number of nitrogens with one attached hydrogen (secondary N) is 2. The highest BCUT2D eigenvalue weighted by molar-refractivity contribution is 5.83. The Kier molecular flexibility index (Phi) is 5.00. The van der Waals surface area contributed by atoms with Crippen LogP contribution in [0.5, 0.6) is 0 Å². The second-order valence-corrected chi connectivity index (χ2v) is 8.57. The summed E-state index contributed by atoms with van der Waals surface area (Å²) >= 11 is 0. The molecule has 1 fully saturated rings. The minimum atomic E-state index is -0.204. The topological polar surface area (TPSA) is 44.0 Å². The second-order valence-electron chi connectivity index (χ2n) is 8.57. The van der Waals surface area contributed by atoms with Crippen molar-refractivity contribution in [3.8, 4) is 11.4 Å². The Morgan fingerprint density at radius 3 is 2.90 bits per heavy atom.